The molecule has 0 spiro atoms. The molecule has 1 nitrogen and oxygen atoms in total. The number of rotatable bonds is 4. The van der Waals surface area contributed by atoms with E-state index in [1.165, 1.54) is 64.2 Å². The second kappa shape index (κ2) is 4.27. The lowest BCUT2D eigenvalue weighted by molar-refractivity contribution is 0.0481. The van der Waals surface area contributed by atoms with Crippen LogP contribution in [-0.2, 0) is 0 Å². The zero-order chi connectivity index (χ0) is 10.8. The van der Waals surface area contributed by atoms with Crippen molar-refractivity contribution in [3.05, 3.63) is 0 Å². The van der Waals surface area contributed by atoms with Gasteiger partial charge in [-0.1, -0.05) is 32.6 Å². The fraction of sp³-hybridized carbons (Fsp3) is 0.929. The van der Waals surface area contributed by atoms with Gasteiger partial charge in [0.05, 0.1) is 5.54 Å². The summed E-state index contributed by atoms with van der Waals surface area (Å²) in [4.78, 5) is 4.50. The monoisotopic (exact) mass is 207 g/mol. The highest BCUT2D eigenvalue weighted by atomic mass is 14.9. The summed E-state index contributed by atoms with van der Waals surface area (Å²) >= 11 is 0. The molecule has 0 N–H and O–H groups in total. The highest BCUT2D eigenvalue weighted by molar-refractivity contribution is 5.27. The first-order valence-electron chi connectivity index (χ1n) is 6.72. The van der Waals surface area contributed by atoms with Gasteiger partial charge in [0.2, 0.25) is 0 Å². The molecule has 2 saturated carbocycles. The number of nitrogens with zero attached hydrogens (tertiary/aromatic N) is 1. The lowest BCUT2D eigenvalue weighted by Crippen LogP contribution is -2.43. The summed E-state index contributed by atoms with van der Waals surface area (Å²) in [7, 11) is 0. The van der Waals surface area contributed by atoms with Crippen LogP contribution in [0.4, 0.5) is 0 Å². The molecule has 0 heterocycles. The first-order valence-corrected chi connectivity index (χ1v) is 6.72. The number of hydrogen-bond donors (Lipinski definition) is 0. The SMILES string of the molecule is C=NC12CCCC(CCCC)(CCC1)C2. The van der Waals surface area contributed by atoms with Crippen molar-refractivity contribution in [2.24, 2.45) is 10.4 Å². The molecule has 0 unspecified atom stereocenters. The Hall–Kier alpha value is -0.330. The molecule has 0 amide bonds. The van der Waals surface area contributed by atoms with E-state index in [2.05, 4.69) is 18.6 Å². The van der Waals surface area contributed by atoms with E-state index in [0.29, 0.717) is 11.0 Å². The van der Waals surface area contributed by atoms with Gasteiger partial charge in [-0.3, -0.25) is 4.99 Å². The largest absolute Gasteiger partial charge is 0.294 e. The minimum absolute atomic E-state index is 0.296. The molecule has 0 aromatic heterocycles. The van der Waals surface area contributed by atoms with Gasteiger partial charge in [-0.25, -0.2) is 0 Å². The average Bonchev–Trinajstić information content (AvgIpc) is 2.27. The van der Waals surface area contributed by atoms with Crippen molar-refractivity contribution < 1.29 is 0 Å². The Bertz CT molecular complexity index is 221. The first-order chi connectivity index (χ1) is 7.24. The van der Waals surface area contributed by atoms with Crippen LogP contribution in [0.25, 0.3) is 0 Å². The van der Waals surface area contributed by atoms with E-state index < -0.39 is 0 Å². The molecule has 0 aromatic carbocycles. The summed E-state index contributed by atoms with van der Waals surface area (Å²) in [5.74, 6) is 0. The highest BCUT2D eigenvalue weighted by Gasteiger charge is 2.46. The number of aliphatic imine (C=N–C) groups is 1. The van der Waals surface area contributed by atoms with E-state index in [0.717, 1.165) is 0 Å². The minimum Gasteiger partial charge on any atom is -0.294 e. The molecule has 2 fully saturated rings. The van der Waals surface area contributed by atoms with E-state index in [-0.39, 0.29) is 0 Å². The molecule has 0 saturated heterocycles. The third-order valence-corrected chi connectivity index (χ3v) is 4.80. The maximum Gasteiger partial charge on any atom is 0.0606 e. The van der Waals surface area contributed by atoms with Crippen LogP contribution >= 0.6 is 0 Å². The smallest absolute Gasteiger partial charge is 0.0606 e. The lowest BCUT2D eigenvalue weighted by Gasteiger charge is -2.50. The Labute approximate surface area is 94.4 Å². The second-order valence-corrected chi connectivity index (χ2v) is 5.87. The summed E-state index contributed by atoms with van der Waals surface area (Å²) in [6, 6.07) is 0. The molecule has 15 heavy (non-hydrogen) atoms. The predicted molar refractivity (Wildman–Crippen MR) is 66.6 cm³/mol. The molecule has 2 rings (SSSR count). The van der Waals surface area contributed by atoms with Gasteiger partial charge in [0.15, 0.2) is 0 Å². The summed E-state index contributed by atoms with van der Waals surface area (Å²) in [6.07, 6.45) is 13.9. The van der Waals surface area contributed by atoms with E-state index >= 15 is 0 Å². The van der Waals surface area contributed by atoms with Gasteiger partial charge in [0.1, 0.15) is 0 Å². The maximum absolute atomic E-state index is 4.50. The van der Waals surface area contributed by atoms with E-state index in [4.69, 9.17) is 0 Å². The Balaban J connectivity index is 2.08. The van der Waals surface area contributed by atoms with Gasteiger partial charge >= 0.3 is 0 Å². The number of fused-ring (bicyclic) bond motifs is 2. The minimum atomic E-state index is 0.296. The van der Waals surface area contributed by atoms with Crippen LogP contribution in [0.15, 0.2) is 4.99 Å². The summed E-state index contributed by atoms with van der Waals surface area (Å²) < 4.78 is 0. The zero-order valence-corrected chi connectivity index (χ0v) is 10.2. The van der Waals surface area contributed by atoms with E-state index in [9.17, 15) is 0 Å². The molecule has 0 atom stereocenters. The Morgan fingerprint density at radius 1 is 1.13 bits per heavy atom. The first kappa shape index (κ1) is 11.2. The molecule has 1 heteroatoms. The van der Waals surface area contributed by atoms with Crippen molar-refractivity contribution in [3.63, 3.8) is 0 Å². The predicted octanol–water partition coefficient (Wildman–Crippen LogP) is 4.36. The highest BCUT2D eigenvalue weighted by Crippen LogP contribution is 2.54. The van der Waals surface area contributed by atoms with Crippen molar-refractivity contribution in [1.29, 1.82) is 0 Å². The molecule has 0 radical (unpaired) electrons. The zero-order valence-electron chi connectivity index (χ0n) is 10.2. The Kier molecular flexibility index (Phi) is 3.18. The fourth-order valence-corrected chi connectivity index (χ4v) is 3.99. The third-order valence-electron chi connectivity index (χ3n) is 4.80. The van der Waals surface area contributed by atoms with Crippen LogP contribution in [-0.4, -0.2) is 12.3 Å². The normalized spacial score (nSPS) is 40.1. The molecule has 2 aliphatic rings. The Morgan fingerprint density at radius 3 is 2.33 bits per heavy atom. The van der Waals surface area contributed by atoms with Crippen molar-refractivity contribution in [2.75, 3.05) is 0 Å². The van der Waals surface area contributed by atoms with Crippen molar-refractivity contribution in [1.82, 2.24) is 0 Å². The second-order valence-electron chi connectivity index (χ2n) is 5.87. The van der Waals surface area contributed by atoms with Gasteiger partial charge < -0.3 is 0 Å². The molecule has 2 aliphatic carbocycles. The standard InChI is InChI=1S/C14H25N/c1-3-4-7-13-8-5-10-14(12-13,15-2)11-6-9-13/h2-12H2,1H3. The molecule has 0 aromatic rings. The summed E-state index contributed by atoms with van der Waals surface area (Å²) in [6.45, 7) is 6.16. The van der Waals surface area contributed by atoms with Crippen LogP contribution in [0.3, 0.4) is 0 Å². The van der Waals surface area contributed by atoms with Gasteiger partial charge in [-0.15, -0.1) is 0 Å². The van der Waals surface area contributed by atoms with Crippen LogP contribution in [0.5, 0.6) is 0 Å². The van der Waals surface area contributed by atoms with Crippen molar-refractivity contribution >= 4 is 6.72 Å². The fourth-order valence-electron chi connectivity index (χ4n) is 3.99. The quantitative estimate of drug-likeness (QED) is 0.607. The van der Waals surface area contributed by atoms with Crippen LogP contribution in [0.2, 0.25) is 0 Å². The van der Waals surface area contributed by atoms with E-state index in [1.54, 1.807) is 0 Å². The molecule has 0 aliphatic heterocycles. The molecular formula is C14H25N. The van der Waals surface area contributed by atoms with Gasteiger partial charge in [-0.2, -0.15) is 0 Å². The van der Waals surface area contributed by atoms with Crippen molar-refractivity contribution in [3.8, 4) is 0 Å². The summed E-state index contributed by atoms with van der Waals surface area (Å²) in [5.41, 5.74) is 0.956. The summed E-state index contributed by atoms with van der Waals surface area (Å²) in [5, 5.41) is 0. The average molecular weight is 207 g/mol. The van der Waals surface area contributed by atoms with Gasteiger partial charge in [0, 0.05) is 0 Å². The topological polar surface area (TPSA) is 12.4 Å². The Morgan fingerprint density at radius 2 is 1.80 bits per heavy atom. The molecular weight excluding hydrogens is 182 g/mol. The number of hydrogen-bond acceptors (Lipinski definition) is 1. The lowest BCUT2D eigenvalue weighted by atomic mass is 9.57. The molecule has 2 bridgehead atoms. The van der Waals surface area contributed by atoms with Crippen LogP contribution in [0, 0.1) is 5.41 Å². The third kappa shape index (κ3) is 2.11. The molecule has 86 valence electrons. The van der Waals surface area contributed by atoms with Gasteiger partial charge in [-0.05, 0) is 50.7 Å². The maximum atomic E-state index is 4.50. The van der Waals surface area contributed by atoms with Crippen LogP contribution < -0.4 is 0 Å². The van der Waals surface area contributed by atoms with Crippen molar-refractivity contribution in [2.45, 2.75) is 76.7 Å². The number of unbranched alkanes of at least 4 members (excludes halogenated alkanes) is 1. The van der Waals surface area contributed by atoms with Crippen LogP contribution in [0.1, 0.15) is 71.1 Å². The van der Waals surface area contributed by atoms with E-state index in [1.807, 2.05) is 0 Å². The van der Waals surface area contributed by atoms with Gasteiger partial charge in [0.25, 0.3) is 0 Å².